The number of Topliss-reactive ketones (excluding diaryl/α,β-unsaturated/α-hetero) is 1. The van der Waals surface area contributed by atoms with E-state index < -0.39 is 0 Å². The van der Waals surface area contributed by atoms with Gasteiger partial charge in [-0.15, -0.1) is 0 Å². The van der Waals surface area contributed by atoms with Crippen molar-refractivity contribution in [2.75, 3.05) is 0 Å². The first-order valence-electron chi connectivity index (χ1n) is 5.84. The molecule has 1 aliphatic rings. The Balaban J connectivity index is 2.22. The van der Waals surface area contributed by atoms with Crippen LogP contribution in [0.1, 0.15) is 37.4 Å². The lowest BCUT2D eigenvalue weighted by atomic mass is 9.88. The number of aromatic nitrogens is 1. The molecule has 16 heavy (non-hydrogen) atoms. The monoisotopic (exact) mass is 218 g/mol. The second-order valence-electron chi connectivity index (χ2n) is 4.69. The summed E-state index contributed by atoms with van der Waals surface area (Å²) in [6, 6.07) is 3.91. The fourth-order valence-electron chi connectivity index (χ4n) is 2.27. The first-order chi connectivity index (χ1) is 7.61. The molecule has 0 spiro atoms. The van der Waals surface area contributed by atoms with Gasteiger partial charge in [-0.05, 0) is 31.4 Å². The van der Waals surface area contributed by atoms with Crippen molar-refractivity contribution in [3.05, 3.63) is 29.6 Å². The zero-order valence-electron chi connectivity index (χ0n) is 9.81. The molecule has 2 rings (SSSR count). The third-order valence-electron chi connectivity index (χ3n) is 3.54. The summed E-state index contributed by atoms with van der Waals surface area (Å²) < 4.78 is 0. The molecule has 1 aromatic heterocycles. The number of aryl methyl sites for hydroxylation is 1. The molecule has 3 atom stereocenters. The van der Waals surface area contributed by atoms with E-state index in [9.17, 15) is 4.79 Å². The zero-order valence-corrected chi connectivity index (χ0v) is 9.81. The average molecular weight is 218 g/mol. The van der Waals surface area contributed by atoms with Gasteiger partial charge in [0.2, 0.25) is 0 Å². The van der Waals surface area contributed by atoms with E-state index in [0.29, 0.717) is 0 Å². The van der Waals surface area contributed by atoms with Gasteiger partial charge in [-0.3, -0.25) is 9.78 Å². The highest BCUT2D eigenvalue weighted by molar-refractivity contribution is 5.88. The molecule has 0 fully saturated rings. The van der Waals surface area contributed by atoms with Crippen LogP contribution >= 0.6 is 0 Å². The molecule has 3 unspecified atom stereocenters. The Morgan fingerprint density at radius 1 is 1.56 bits per heavy atom. The molecular formula is C13H18N2O. The fraction of sp³-hybridized carbons (Fsp3) is 0.538. The molecule has 0 bridgehead atoms. The van der Waals surface area contributed by atoms with Gasteiger partial charge in [-0.1, -0.05) is 13.0 Å². The summed E-state index contributed by atoms with van der Waals surface area (Å²) in [5, 5.41) is 0. The van der Waals surface area contributed by atoms with Gasteiger partial charge >= 0.3 is 0 Å². The Labute approximate surface area is 96.1 Å². The maximum absolute atomic E-state index is 12.2. The molecule has 0 radical (unpaired) electrons. The lowest BCUT2D eigenvalue weighted by Gasteiger charge is -2.18. The van der Waals surface area contributed by atoms with Crippen LogP contribution in [0.2, 0.25) is 0 Å². The largest absolute Gasteiger partial charge is 0.327 e. The molecule has 1 heterocycles. The summed E-state index contributed by atoms with van der Waals surface area (Å²) in [4.78, 5) is 16.6. The number of ketones is 1. The van der Waals surface area contributed by atoms with Gasteiger partial charge in [0.15, 0.2) is 0 Å². The molecule has 2 N–H and O–H groups in total. The number of pyridine rings is 1. The number of carbonyl (C=O) groups is 1. The maximum atomic E-state index is 12.2. The van der Waals surface area contributed by atoms with Crippen molar-refractivity contribution in [1.82, 2.24) is 4.98 Å². The minimum absolute atomic E-state index is 0.0304. The molecule has 86 valence electrons. The zero-order chi connectivity index (χ0) is 11.7. The number of hydrogen-bond donors (Lipinski definition) is 1. The fourth-order valence-corrected chi connectivity index (χ4v) is 2.27. The number of carbonyl (C=O) groups excluding carboxylic acids is 1. The summed E-state index contributed by atoms with van der Waals surface area (Å²) in [7, 11) is 0. The van der Waals surface area contributed by atoms with Gasteiger partial charge in [-0.2, -0.15) is 0 Å². The predicted octanol–water partition coefficient (Wildman–Crippen LogP) is 1.66. The van der Waals surface area contributed by atoms with Crippen LogP contribution in [-0.4, -0.2) is 16.8 Å². The van der Waals surface area contributed by atoms with Crippen molar-refractivity contribution in [1.29, 1.82) is 0 Å². The summed E-state index contributed by atoms with van der Waals surface area (Å²) in [5.41, 5.74) is 7.98. The highest BCUT2D eigenvalue weighted by Crippen LogP contribution is 2.33. The lowest BCUT2D eigenvalue weighted by molar-refractivity contribution is -0.124. The number of hydrogen-bond acceptors (Lipinski definition) is 3. The predicted molar refractivity (Wildman–Crippen MR) is 63.1 cm³/mol. The van der Waals surface area contributed by atoms with Gasteiger partial charge in [0.05, 0.1) is 11.6 Å². The minimum Gasteiger partial charge on any atom is -0.327 e. The van der Waals surface area contributed by atoms with Gasteiger partial charge in [0.25, 0.3) is 0 Å². The molecule has 3 heteroatoms. The van der Waals surface area contributed by atoms with E-state index >= 15 is 0 Å². The lowest BCUT2D eigenvalue weighted by Crippen LogP contribution is -2.33. The summed E-state index contributed by atoms with van der Waals surface area (Å²) in [6.07, 6.45) is 3.62. The Kier molecular flexibility index (Phi) is 3.06. The van der Waals surface area contributed by atoms with Crippen LogP contribution in [0, 0.1) is 5.92 Å². The molecule has 1 aromatic rings. The third kappa shape index (κ3) is 1.87. The van der Waals surface area contributed by atoms with Crippen LogP contribution < -0.4 is 5.73 Å². The third-order valence-corrected chi connectivity index (χ3v) is 3.54. The quantitative estimate of drug-likeness (QED) is 0.839. The van der Waals surface area contributed by atoms with Crippen LogP contribution in [0.5, 0.6) is 0 Å². The smallest absolute Gasteiger partial charge is 0.146 e. The van der Waals surface area contributed by atoms with Gasteiger partial charge < -0.3 is 5.73 Å². The molecule has 0 aromatic carbocycles. The van der Waals surface area contributed by atoms with Crippen LogP contribution in [0.15, 0.2) is 18.3 Å². The van der Waals surface area contributed by atoms with Crippen molar-refractivity contribution >= 4 is 5.78 Å². The first-order valence-corrected chi connectivity index (χ1v) is 5.84. The van der Waals surface area contributed by atoms with Crippen molar-refractivity contribution in [3.8, 4) is 0 Å². The molecule has 1 aliphatic carbocycles. The molecule has 0 saturated heterocycles. The minimum atomic E-state index is -0.0852. The summed E-state index contributed by atoms with van der Waals surface area (Å²) in [5.74, 6) is 0.127. The number of nitrogens with zero attached hydrogens (tertiary/aromatic N) is 1. The second-order valence-corrected chi connectivity index (χ2v) is 4.69. The average Bonchev–Trinajstić information content (AvgIpc) is 2.70. The maximum Gasteiger partial charge on any atom is 0.146 e. The highest BCUT2D eigenvalue weighted by Gasteiger charge is 2.33. The highest BCUT2D eigenvalue weighted by atomic mass is 16.1. The van der Waals surface area contributed by atoms with E-state index in [-0.39, 0.29) is 23.7 Å². The standard InChI is InChI=1S/C13H18N2O/c1-8(9(2)14)13(16)11-6-5-10-4-3-7-15-12(10)11/h3-4,7-9,11H,5-6,14H2,1-2H3. The van der Waals surface area contributed by atoms with E-state index in [2.05, 4.69) is 11.1 Å². The molecule has 0 saturated carbocycles. The second kappa shape index (κ2) is 4.34. The molecule has 0 amide bonds. The molecule has 3 nitrogen and oxygen atoms in total. The van der Waals surface area contributed by atoms with Crippen LogP contribution in [0.25, 0.3) is 0 Å². The Morgan fingerprint density at radius 3 is 3.00 bits per heavy atom. The summed E-state index contributed by atoms with van der Waals surface area (Å²) in [6.45, 7) is 3.80. The Hall–Kier alpha value is -1.22. The van der Waals surface area contributed by atoms with Gasteiger partial charge in [-0.25, -0.2) is 0 Å². The van der Waals surface area contributed by atoms with Gasteiger partial charge in [0.1, 0.15) is 5.78 Å². The Morgan fingerprint density at radius 2 is 2.31 bits per heavy atom. The van der Waals surface area contributed by atoms with Crippen molar-refractivity contribution in [3.63, 3.8) is 0 Å². The normalized spacial score (nSPS) is 22.6. The molecular weight excluding hydrogens is 200 g/mol. The van der Waals surface area contributed by atoms with E-state index in [1.165, 1.54) is 5.56 Å². The van der Waals surface area contributed by atoms with E-state index in [4.69, 9.17) is 5.73 Å². The number of rotatable bonds is 3. The van der Waals surface area contributed by atoms with Crippen molar-refractivity contribution in [2.24, 2.45) is 11.7 Å². The van der Waals surface area contributed by atoms with Crippen molar-refractivity contribution in [2.45, 2.75) is 38.6 Å². The van der Waals surface area contributed by atoms with Crippen LogP contribution in [-0.2, 0) is 11.2 Å². The number of fused-ring (bicyclic) bond motifs is 1. The van der Waals surface area contributed by atoms with Crippen LogP contribution in [0.3, 0.4) is 0 Å². The SMILES string of the molecule is CC(N)C(C)C(=O)C1CCc2cccnc21. The van der Waals surface area contributed by atoms with E-state index in [1.54, 1.807) is 6.20 Å². The van der Waals surface area contributed by atoms with E-state index in [1.807, 2.05) is 19.9 Å². The Bertz CT molecular complexity index is 401. The molecule has 0 aliphatic heterocycles. The van der Waals surface area contributed by atoms with Crippen LogP contribution in [0.4, 0.5) is 0 Å². The van der Waals surface area contributed by atoms with E-state index in [0.717, 1.165) is 18.5 Å². The topological polar surface area (TPSA) is 56.0 Å². The first kappa shape index (κ1) is 11.3. The summed E-state index contributed by atoms with van der Waals surface area (Å²) >= 11 is 0. The van der Waals surface area contributed by atoms with Crippen molar-refractivity contribution < 1.29 is 4.79 Å². The van der Waals surface area contributed by atoms with Gasteiger partial charge in [0, 0.05) is 18.2 Å². The number of nitrogens with two attached hydrogens (primary N) is 1.